The highest BCUT2D eigenvalue weighted by atomic mass is 79.9. The molecule has 0 aliphatic carbocycles. The van der Waals surface area contributed by atoms with Gasteiger partial charge in [0, 0.05) is 27.5 Å². The fraction of sp³-hybridized carbons (Fsp3) is 0.130. The van der Waals surface area contributed by atoms with Crippen LogP contribution >= 0.6 is 15.9 Å². The minimum atomic E-state index is -0.299. The molecule has 30 heavy (non-hydrogen) atoms. The van der Waals surface area contributed by atoms with Gasteiger partial charge >= 0.3 is 0 Å². The fourth-order valence-corrected chi connectivity index (χ4v) is 3.54. The van der Waals surface area contributed by atoms with E-state index in [1.54, 1.807) is 36.6 Å². The number of rotatable bonds is 6. The molecule has 2 heterocycles. The smallest absolute Gasteiger partial charge is 0.287 e. The number of furan rings is 2. The topological polar surface area (TPSA) is 84.5 Å². The van der Waals surface area contributed by atoms with E-state index in [4.69, 9.17) is 8.83 Å². The highest BCUT2D eigenvalue weighted by Crippen LogP contribution is 2.28. The van der Waals surface area contributed by atoms with Gasteiger partial charge in [-0.2, -0.15) is 0 Å². The molecular weight excluding hydrogens is 448 g/mol. The van der Waals surface area contributed by atoms with E-state index in [1.165, 1.54) is 0 Å². The third-order valence-electron chi connectivity index (χ3n) is 4.75. The number of carbonyl (C=O) groups is 2. The van der Waals surface area contributed by atoms with Gasteiger partial charge in [0.05, 0.1) is 12.8 Å². The predicted molar refractivity (Wildman–Crippen MR) is 116 cm³/mol. The van der Waals surface area contributed by atoms with Gasteiger partial charge < -0.3 is 19.5 Å². The van der Waals surface area contributed by atoms with E-state index in [1.807, 2.05) is 31.2 Å². The van der Waals surface area contributed by atoms with Crippen LogP contribution < -0.4 is 10.6 Å². The Hall–Kier alpha value is -3.32. The Morgan fingerprint density at radius 2 is 1.80 bits per heavy atom. The average molecular weight is 467 g/mol. The molecule has 152 valence electrons. The lowest BCUT2D eigenvalue weighted by Crippen LogP contribution is -2.24. The first-order chi connectivity index (χ1) is 14.5. The Morgan fingerprint density at radius 1 is 0.967 bits per heavy atom. The highest BCUT2D eigenvalue weighted by Gasteiger charge is 2.17. The number of fused-ring (bicyclic) bond motifs is 1. The largest absolute Gasteiger partial charge is 0.467 e. The minimum absolute atomic E-state index is 0.210. The van der Waals surface area contributed by atoms with Gasteiger partial charge in [-0.3, -0.25) is 9.59 Å². The number of hydrogen-bond donors (Lipinski definition) is 2. The maximum absolute atomic E-state index is 12.6. The van der Waals surface area contributed by atoms with Gasteiger partial charge in [0.25, 0.3) is 11.8 Å². The molecule has 0 fully saturated rings. The van der Waals surface area contributed by atoms with Gasteiger partial charge in [-0.1, -0.05) is 28.1 Å². The molecule has 7 heteroatoms. The van der Waals surface area contributed by atoms with Gasteiger partial charge in [0.1, 0.15) is 11.3 Å². The maximum Gasteiger partial charge on any atom is 0.287 e. The predicted octanol–water partition coefficient (Wildman–Crippen LogP) is 4.96. The van der Waals surface area contributed by atoms with Gasteiger partial charge in [-0.05, 0) is 55.0 Å². The van der Waals surface area contributed by atoms with Crippen molar-refractivity contribution in [3.05, 3.63) is 93.5 Å². The Balaban J connectivity index is 1.41. The zero-order valence-corrected chi connectivity index (χ0v) is 17.8. The number of aryl methyl sites for hydroxylation is 1. The summed E-state index contributed by atoms with van der Waals surface area (Å²) in [7, 11) is 0. The lowest BCUT2D eigenvalue weighted by Gasteiger charge is -2.07. The Bertz CT molecular complexity index is 1210. The molecule has 2 aromatic heterocycles. The van der Waals surface area contributed by atoms with Crippen LogP contribution in [0.2, 0.25) is 0 Å². The molecule has 2 aromatic carbocycles. The van der Waals surface area contributed by atoms with Gasteiger partial charge in [-0.25, -0.2) is 0 Å². The SMILES string of the molecule is Cc1c(C(=O)NCc2cccc(C(=O)NCc3ccco3)c2)oc2ccc(Br)cc12. The van der Waals surface area contributed by atoms with Crippen molar-refractivity contribution in [3.63, 3.8) is 0 Å². The standard InChI is InChI=1S/C23H19BrN2O4/c1-14-19-11-17(24)7-8-20(19)30-21(14)23(28)25-12-15-4-2-5-16(10-15)22(27)26-13-18-6-3-9-29-18/h2-11H,12-13H2,1H3,(H,25,28)(H,26,27). The molecule has 0 aliphatic heterocycles. The number of amides is 2. The van der Waals surface area contributed by atoms with E-state index in [9.17, 15) is 9.59 Å². The zero-order valence-electron chi connectivity index (χ0n) is 16.2. The first kappa shape index (κ1) is 20.0. The van der Waals surface area contributed by atoms with E-state index in [-0.39, 0.29) is 24.1 Å². The van der Waals surface area contributed by atoms with E-state index in [0.717, 1.165) is 21.0 Å². The van der Waals surface area contributed by atoms with Crippen molar-refractivity contribution in [1.82, 2.24) is 10.6 Å². The lowest BCUT2D eigenvalue weighted by molar-refractivity contribution is 0.0923. The third kappa shape index (κ3) is 4.31. The van der Waals surface area contributed by atoms with Crippen LogP contribution in [0.5, 0.6) is 0 Å². The van der Waals surface area contributed by atoms with Crippen LogP contribution in [0.15, 0.2) is 74.2 Å². The van der Waals surface area contributed by atoms with Crippen molar-refractivity contribution in [2.24, 2.45) is 0 Å². The molecule has 0 bridgehead atoms. The Kier molecular flexibility index (Phi) is 5.72. The second-order valence-electron chi connectivity index (χ2n) is 6.84. The molecule has 6 nitrogen and oxygen atoms in total. The summed E-state index contributed by atoms with van der Waals surface area (Å²) >= 11 is 3.43. The number of halogens is 1. The maximum atomic E-state index is 12.6. The molecule has 2 amide bonds. The van der Waals surface area contributed by atoms with E-state index in [2.05, 4.69) is 26.6 Å². The molecule has 0 saturated carbocycles. The summed E-state index contributed by atoms with van der Waals surface area (Å²) in [6, 6.07) is 16.3. The second-order valence-corrected chi connectivity index (χ2v) is 7.76. The summed E-state index contributed by atoms with van der Waals surface area (Å²) in [4.78, 5) is 25.0. The summed E-state index contributed by atoms with van der Waals surface area (Å²) in [5, 5.41) is 6.56. The molecule has 0 radical (unpaired) electrons. The number of nitrogens with one attached hydrogen (secondary N) is 2. The molecule has 0 atom stereocenters. The summed E-state index contributed by atoms with van der Waals surface area (Å²) in [6.07, 6.45) is 1.56. The monoisotopic (exact) mass is 466 g/mol. The van der Waals surface area contributed by atoms with E-state index >= 15 is 0 Å². The van der Waals surface area contributed by atoms with Gasteiger partial charge in [0.2, 0.25) is 0 Å². The van der Waals surface area contributed by atoms with Crippen LogP contribution in [0.3, 0.4) is 0 Å². The van der Waals surface area contributed by atoms with E-state index < -0.39 is 0 Å². The van der Waals surface area contributed by atoms with Crippen LogP contribution in [0.4, 0.5) is 0 Å². The fourth-order valence-electron chi connectivity index (χ4n) is 3.18. The summed E-state index contributed by atoms with van der Waals surface area (Å²) in [5.74, 6) is 0.459. The molecule has 0 aliphatic rings. The van der Waals surface area contributed by atoms with Crippen molar-refractivity contribution in [3.8, 4) is 0 Å². The van der Waals surface area contributed by atoms with E-state index in [0.29, 0.717) is 23.5 Å². The number of carbonyl (C=O) groups excluding carboxylic acids is 2. The van der Waals surface area contributed by atoms with Crippen LogP contribution in [0.1, 0.15) is 37.8 Å². The Morgan fingerprint density at radius 3 is 2.60 bits per heavy atom. The molecular formula is C23H19BrN2O4. The molecule has 4 rings (SSSR count). The molecule has 2 N–H and O–H groups in total. The molecule has 4 aromatic rings. The Labute approximate surface area is 181 Å². The summed E-state index contributed by atoms with van der Waals surface area (Å²) < 4.78 is 11.9. The summed E-state index contributed by atoms with van der Waals surface area (Å²) in [5.41, 5.74) is 2.77. The average Bonchev–Trinajstić information content (AvgIpc) is 3.39. The summed E-state index contributed by atoms with van der Waals surface area (Å²) in [6.45, 7) is 2.45. The normalized spacial score (nSPS) is 10.9. The molecule has 0 spiro atoms. The van der Waals surface area contributed by atoms with Crippen molar-refractivity contribution in [1.29, 1.82) is 0 Å². The van der Waals surface area contributed by atoms with Crippen LogP contribution in [0, 0.1) is 6.92 Å². The first-order valence-corrected chi connectivity index (χ1v) is 10.2. The number of benzene rings is 2. The van der Waals surface area contributed by atoms with Gasteiger partial charge in [-0.15, -0.1) is 0 Å². The first-order valence-electron chi connectivity index (χ1n) is 9.37. The van der Waals surface area contributed by atoms with Crippen molar-refractivity contribution < 1.29 is 18.4 Å². The highest BCUT2D eigenvalue weighted by molar-refractivity contribution is 9.10. The molecule has 0 saturated heterocycles. The lowest BCUT2D eigenvalue weighted by atomic mass is 10.1. The van der Waals surface area contributed by atoms with Crippen molar-refractivity contribution in [2.45, 2.75) is 20.0 Å². The zero-order chi connectivity index (χ0) is 21.1. The van der Waals surface area contributed by atoms with Crippen LogP contribution in [-0.4, -0.2) is 11.8 Å². The molecule has 0 unspecified atom stereocenters. The van der Waals surface area contributed by atoms with Crippen LogP contribution in [0.25, 0.3) is 11.0 Å². The number of hydrogen-bond acceptors (Lipinski definition) is 4. The quantitative estimate of drug-likeness (QED) is 0.420. The van der Waals surface area contributed by atoms with Gasteiger partial charge in [0.15, 0.2) is 5.76 Å². The van der Waals surface area contributed by atoms with Crippen molar-refractivity contribution >= 4 is 38.7 Å². The second kappa shape index (κ2) is 8.59. The minimum Gasteiger partial charge on any atom is -0.467 e. The van der Waals surface area contributed by atoms with Crippen LogP contribution in [-0.2, 0) is 13.1 Å². The third-order valence-corrected chi connectivity index (χ3v) is 5.24. The van der Waals surface area contributed by atoms with Crippen molar-refractivity contribution in [2.75, 3.05) is 0 Å².